The molecule has 9 nitrogen and oxygen atoms in total. The monoisotopic (exact) mass is 504 g/mol. The fourth-order valence-corrected chi connectivity index (χ4v) is 5.97. The van der Waals surface area contributed by atoms with Crippen molar-refractivity contribution in [3.63, 3.8) is 0 Å². The largest absolute Gasteiger partial charge is 0.449 e. The first-order valence-electron chi connectivity index (χ1n) is 13.1. The number of anilines is 1. The van der Waals surface area contributed by atoms with Crippen LogP contribution in [0.2, 0.25) is 0 Å². The Morgan fingerprint density at radius 1 is 0.973 bits per heavy atom. The number of esters is 1. The first-order chi connectivity index (χ1) is 17.8. The molecule has 0 unspecified atom stereocenters. The molecule has 1 aromatic carbocycles. The van der Waals surface area contributed by atoms with Crippen LogP contribution in [-0.2, 0) is 25.3 Å². The van der Waals surface area contributed by atoms with E-state index in [1.807, 2.05) is 24.8 Å². The van der Waals surface area contributed by atoms with Gasteiger partial charge in [-0.1, -0.05) is 12.1 Å². The molecule has 194 valence electrons. The highest BCUT2D eigenvalue weighted by Gasteiger charge is 2.57. The van der Waals surface area contributed by atoms with Gasteiger partial charge in [0.1, 0.15) is 0 Å². The number of piperazine rings is 1. The van der Waals surface area contributed by atoms with Crippen LogP contribution in [0.25, 0.3) is 0 Å². The molecule has 2 amide bonds. The molecular weight excluding hydrogens is 472 g/mol. The summed E-state index contributed by atoms with van der Waals surface area (Å²) in [5.41, 5.74) is 2.23. The minimum Gasteiger partial charge on any atom is -0.449 e. The van der Waals surface area contributed by atoms with Gasteiger partial charge in [-0.2, -0.15) is 0 Å². The summed E-state index contributed by atoms with van der Waals surface area (Å²) in [5, 5.41) is 0. The zero-order valence-electron chi connectivity index (χ0n) is 21.3. The van der Waals surface area contributed by atoms with Gasteiger partial charge >= 0.3 is 12.1 Å². The van der Waals surface area contributed by atoms with Gasteiger partial charge in [0.15, 0.2) is 5.60 Å². The van der Waals surface area contributed by atoms with E-state index in [0.29, 0.717) is 38.2 Å². The molecule has 3 fully saturated rings. The van der Waals surface area contributed by atoms with Gasteiger partial charge in [-0.05, 0) is 50.5 Å². The van der Waals surface area contributed by atoms with Crippen molar-refractivity contribution >= 4 is 23.7 Å². The third-order valence-electron chi connectivity index (χ3n) is 8.16. The summed E-state index contributed by atoms with van der Waals surface area (Å²) in [6, 6.07) is 10.1. The summed E-state index contributed by atoms with van der Waals surface area (Å²) >= 11 is 0. The van der Waals surface area contributed by atoms with Crippen LogP contribution in [-0.4, -0.2) is 78.1 Å². The van der Waals surface area contributed by atoms with Crippen molar-refractivity contribution in [2.75, 3.05) is 44.2 Å². The maximum atomic E-state index is 13.7. The number of carbonyl (C=O) groups excluding carboxylic acids is 3. The van der Waals surface area contributed by atoms with E-state index in [-0.39, 0.29) is 24.1 Å². The second kappa shape index (κ2) is 8.75. The number of ether oxygens (including phenoxy) is 2. The summed E-state index contributed by atoms with van der Waals surface area (Å²) in [4.78, 5) is 48.2. The Kier molecular flexibility index (Phi) is 5.62. The Labute approximate surface area is 216 Å². The minimum absolute atomic E-state index is 0.118. The predicted octanol–water partition coefficient (Wildman–Crippen LogP) is 3.08. The van der Waals surface area contributed by atoms with E-state index in [1.165, 1.54) is 0 Å². The molecule has 0 N–H and O–H groups in total. The molecule has 1 aliphatic carbocycles. The van der Waals surface area contributed by atoms with E-state index in [1.54, 1.807) is 17.3 Å². The van der Waals surface area contributed by atoms with Gasteiger partial charge in [0, 0.05) is 62.8 Å². The normalized spacial score (nSPS) is 23.9. The molecule has 6 rings (SSSR count). The third kappa shape index (κ3) is 4.01. The molecule has 3 aliphatic heterocycles. The van der Waals surface area contributed by atoms with Crippen LogP contribution in [0.3, 0.4) is 0 Å². The summed E-state index contributed by atoms with van der Waals surface area (Å²) in [5.74, 6) is -0.236. The molecule has 37 heavy (non-hydrogen) atoms. The minimum atomic E-state index is -0.755. The van der Waals surface area contributed by atoms with Crippen molar-refractivity contribution in [3.8, 4) is 0 Å². The molecule has 4 aliphatic rings. The number of rotatable bonds is 4. The van der Waals surface area contributed by atoms with Gasteiger partial charge in [0.25, 0.3) is 0 Å². The Morgan fingerprint density at radius 2 is 1.70 bits per heavy atom. The lowest BCUT2D eigenvalue weighted by atomic mass is 9.92. The van der Waals surface area contributed by atoms with Crippen LogP contribution in [0.4, 0.5) is 10.5 Å². The molecule has 4 heterocycles. The molecule has 0 bridgehead atoms. The van der Waals surface area contributed by atoms with Crippen molar-refractivity contribution in [1.29, 1.82) is 0 Å². The maximum absolute atomic E-state index is 13.7. The first kappa shape index (κ1) is 23.8. The lowest BCUT2D eigenvalue weighted by Crippen LogP contribution is -2.49. The maximum Gasteiger partial charge on any atom is 0.410 e. The highest BCUT2D eigenvalue weighted by atomic mass is 16.6. The molecule has 1 saturated carbocycles. The average molecular weight is 505 g/mol. The topological polar surface area (TPSA) is 92.3 Å². The van der Waals surface area contributed by atoms with Crippen molar-refractivity contribution in [2.45, 2.75) is 50.2 Å². The molecule has 2 saturated heterocycles. The van der Waals surface area contributed by atoms with E-state index in [9.17, 15) is 14.4 Å². The van der Waals surface area contributed by atoms with Gasteiger partial charge in [-0.25, -0.2) is 9.59 Å². The first-order valence-corrected chi connectivity index (χ1v) is 13.1. The average Bonchev–Trinajstić information content (AvgIpc) is 3.54. The summed E-state index contributed by atoms with van der Waals surface area (Å²) < 4.78 is 11.1. The number of benzene rings is 1. The van der Waals surface area contributed by atoms with E-state index >= 15 is 0 Å². The van der Waals surface area contributed by atoms with Crippen LogP contribution in [0.15, 0.2) is 42.7 Å². The smallest absolute Gasteiger partial charge is 0.410 e. The van der Waals surface area contributed by atoms with E-state index in [2.05, 4.69) is 34.1 Å². The predicted molar refractivity (Wildman–Crippen MR) is 135 cm³/mol. The van der Waals surface area contributed by atoms with Crippen LogP contribution in [0.1, 0.15) is 54.6 Å². The fraction of sp³-hybridized carbons (Fsp3) is 0.500. The fourth-order valence-electron chi connectivity index (χ4n) is 5.97. The molecule has 1 atom stereocenters. The highest BCUT2D eigenvalue weighted by molar-refractivity contribution is 5.95. The third-order valence-corrected chi connectivity index (χ3v) is 8.16. The van der Waals surface area contributed by atoms with Gasteiger partial charge < -0.3 is 24.2 Å². The second-order valence-corrected chi connectivity index (χ2v) is 10.8. The number of hydrogen-bond donors (Lipinski definition) is 0. The Balaban J connectivity index is 1.11. The van der Waals surface area contributed by atoms with E-state index in [0.717, 1.165) is 42.7 Å². The van der Waals surface area contributed by atoms with Crippen LogP contribution in [0, 0.1) is 0 Å². The number of nitrogens with zero attached hydrogens (tertiary/aromatic N) is 4. The van der Waals surface area contributed by atoms with Crippen LogP contribution in [0.5, 0.6) is 0 Å². The Bertz CT molecular complexity index is 1230. The number of carbonyl (C=O) groups is 3. The van der Waals surface area contributed by atoms with Crippen molar-refractivity contribution in [1.82, 2.24) is 14.8 Å². The van der Waals surface area contributed by atoms with Crippen molar-refractivity contribution < 1.29 is 23.9 Å². The lowest BCUT2D eigenvalue weighted by Gasteiger charge is -2.36. The summed E-state index contributed by atoms with van der Waals surface area (Å²) in [7, 11) is 0. The SMILES string of the molecule is CC(C)OC(=O)N1CCN(c2ccc(C3(C(=O)N4CC[C@@]5(C4)OC(=O)c4cnccc45)CC3)cc2)CC1. The zero-order valence-corrected chi connectivity index (χ0v) is 21.3. The van der Waals surface area contributed by atoms with Crippen LogP contribution < -0.4 is 4.90 Å². The number of pyridine rings is 1. The Hall–Kier alpha value is -3.62. The van der Waals surface area contributed by atoms with Crippen molar-refractivity contribution in [3.05, 3.63) is 59.4 Å². The van der Waals surface area contributed by atoms with Crippen LogP contribution >= 0.6 is 0 Å². The number of hydrogen-bond acceptors (Lipinski definition) is 7. The molecule has 1 spiro atoms. The number of amides is 2. The standard InChI is InChI=1S/C28H32N4O5/c1-19(2)36-26(35)31-15-13-30(14-16-31)21-5-3-20(4-6-21)27(8-9-27)25(34)32-12-10-28(18-32)23-7-11-29-17-22(23)24(33)37-28/h3-7,11,17,19H,8-10,12-16,18H2,1-2H3/t28-/m0/s1. The quantitative estimate of drug-likeness (QED) is 0.591. The van der Waals surface area contributed by atoms with Gasteiger partial charge in [-0.3, -0.25) is 9.78 Å². The van der Waals surface area contributed by atoms with E-state index in [4.69, 9.17) is 9.47 Å². The summed E-state index contributed by atoms with van der Waals surface area (Å²) in [6.07, 6.45) is 5.11. The van der Waals surface area contributed by atoms with Gasteiger partial charge in [0.2, 0.25) is 5.91 Å². The highest BCUT2D eigenvalue weighted by Crippen LogP contribution is 2.52. The molecule has 1 aromatic heterocycles. The van der Waals surface area contributed by atoms with Gasteiger partial charge in [-0.15, -0.1) is 0 Å². The number of fused-ring (bicyclic) bond motifs is 2. The summed E-state index contributed by atoms with van der Waals surface area (Å²) in [6.45, 7) is 7.38. The zero-order chi connectivity index (χ0) is 25.8. The van der Waals surface area contributed by atoms with Gasteiger partial charge in [0.05, 0.1) is 23.6 Å². The molecule has 2 aromatic rings. The molecular formula is C28H32N4O5. The Morgan fingerprint density at radius 3 is 2.38 bits per heavy atom. The molecule has 9 heteroatoms. The lowest BCUT2D eigenvalue weighted by molar-refractivity contribution is -0.134. The molecule has 0 radical (unpaired) electrons. The number of aromatic nitrogens is 1. The second-order valence-electron chi connectivity index (χ2n) is 10.8. The number of likely N-dealkylation sites (tertiary alicyclic amines) is 1. The van der Waals surface area contributed by atoms with Crippen molar-refractivity contribution in [2.24, 2.45) is 0 Å². The van der Waals surface area contributed by atoms with E-state index < -0.39 is 11.0 Å².